The lowest BCUT2D eigenvalue weighted by Gasteiger charge is -2.17. The highest BCUT2D eigenvalue weighted by molar-refractivity contribution is 9.10. The maximum absolute atomic E-state index is 5.28. The SMILES string of the molecule is CNC(Cc1ccn(C(C)C)n1)c1ccc(OC)c(Br)c1. The van der Waals surface area contributed by atoms with Crippen molar-refractivity contribution in [3.63, 3.8) is 0 Å². The van der Waals surface area contributed by atoms with Gasteiger partial charge in [-0.25, -0.2) is 0 Å². The summed E-state index contributed by atoms with van der Waals surface area (Å²) in [4.78, 5) is 0. The summed E-state index contributed by atoms with van der Waals surface area (Å²) in [5.41, 5.74) is 2.30. The fourth-order valence-electron chi connectivity index (χ4n) is 2.27. The van der Waals surface area contributed by atoms with Gasteiger partial charge in [-0.3, -0.25) is 4.68 Å². The Morgan fingerprint density at radius 1 is 1.33 bits per heavy atom. The van der Waals surface area contributed by atoms with Gasteiger partial charge < -0.3 is 10.1 Å². The molecule has 1 N–H and O–H groups in total. The smallest absolute Gasteiger partial charge is 0.133 e. The lowest BCUT2D eigenvalue weighted by atomic mass is 10.0. The molecule has 0 bridgehead atoms. The van der Waals surface area contributed by atoms with Gasteiger partial charge in [0.05, 0.1) is 17.3 Å². The van der Waals surface area contributed by atoms with Crippen molar-refractivity contribution in [1.82, 2.24) is 15.1 Å². The molecule has 0 amide bonds. The number of rotatable bonds is 6. The highest BCUT2D eigenvalue weighted by Crippen LogP contribution is 2.29. The molecule has 1 aromatic carbocycles. The first-order valence-corrected chi connectivity index (χ1v) is 7.89. The van der Waals surface area contributed by atoms with Gasteiger partial charge in [0.2, 0.25) is 0 Å². The number of benzene rings is 1. The summed E-state index contributed by atoms with van der Waals surface area (Å²) in [6.45, 7) is 4.26. The average molecular weight is 352 g/mol. The van der Waals surface area contributed by atoms with Crippen molar-refractivity contribution in [2.24, 2.45) is 0 Å². The highest BCUT2D eigenvalue weighted by atomic mass is 79.9. The first kappa shape index (κ1) is 16.0. The second-order valence-electron chi connectivity index (χ2n) is 5.32. The third-order valence-electron chi connectivity index (χ3n) is 3.53. The molecule has 0 aliphatic rings. The van der Waals surface area contributed by atoms with Crippen molar-refractivity contribution in [3.8, 4) is 5.75 Å². The van der Waals surface area contributed by atoms with Gasteiger partial charge in [0, 0.05) is 24.7 Å². The monoisotopic (exact) mass is 351 g/mol. The van der Waals surface area contributed by atoms with Crippen molar-refractivity contribution in [3.05, 3.63) is 46.2 Å². The van der Waals surface area contributed by atoms with Crippen LogP contribution in [0.5, 0.6) is 5.75 Å². The van der Waals surface area contributed by atoms with Gasteiger partial charge in [-0.05, 0) is 60.6 Å². The molecule has 1 unspecified atom stereocenters. The van der Waals surface area contributed by atoms with Crippen LogP contribution in [0.1, 0.15) is 37.2 Å². The number of aromatic nitrogens is 2. The summed E-state index contributed by atoms with van der Waals surface area (Å²) in [6.07, 6.45) is 2.89. The summed E-state index contributed by atoms with van der Waals surface area (Å²) in [5.74, 6) is 0.845. The standard InChI is InChI=1S/C16H22BrN3O/c1-11(2)20-8-7-13(19-20)10-15(18-3)12-5-6-16(21-4)14(17)9-12/h5-9,11,15,18H,10H2,1-4H3. The van der Waals surface area contributed by atoms with Gasteiger partial charge in [-0.2, -0.15) is 5.10 Å². The molecule has 2 rings (SSSR count). The number of likely N-dealkylation sites (N-methyl/N-ethyl adjacent to an activating group) is 1. The third-order valence-corrected chi connectivity index (χ3v) is 4.15. The molecule has 4 nitrogen and oxygen atoms in total. The molecule has 1 aromatic heterocycles. The van der Waals surface area contributed by atoms with Gasteiger partial charge in [0.1, 0.15) is 5.75 Å². The highest BCUT2D eigenvalue weighted by Gasteiger charge is 2.14. The van der Waals surface area contributed by atoms with Gasteiger partial charge in [-0.1, -0.05) is 6.07 Å². The summed E-state index contributed by atoms with van der Waals surface area (Å²) in [7, 11) is 3.65. The molecule has 0 aliphatic carbocycles. The van der Waals surface area contributed by atoms with Crippen LogP contribution in [0.15, 0.2) is 34.9 Å². The molecular weight excluding hydrogens is 330 g/mol. The zero-order valence-electron chi connectivity index (χ0n) is 12.9. The Labute approximate surface area is 134 Å². The quantitative estimate of drug-likeness (QED) is 0.861. The second-order valence-corrected chi connectivity index (χ2v) is 6.17. The Balaban J connectivity index is 2.17. The first-order chi connectivity index (χ1) is 10.0. The van der Waals surface area contributed by atoms with Crippen LogP contribution in [-0.2, 0) is 6.42 Å². The van der Waals surface area contributed by atoms with Gasteiger partial charge in [-0.15, -0.1) is 0 Å². The molecule has 0 saturated carbocycles. The van der Waals surface area contributed by atoms with Crippen LogP contribution in [0.3, 0.4) is 0 Å². The van der Waals surface area contributed by atoms with Crippen LogP contribution in [0, 0.1) is 0 Å². The first-order valence-electron chi connectivity index (χ1n) is 7.10. The summed E-state index contributed by atoms with van der Waals surface area (Å²) < 4.78 is 8.24. The fourth-order valence-corrected chi connectivity index (χ4v) is 2.83. The maximum Gasteiger partial charge on any atom is 0.133 e. The molecule has 0 spiro atoms. The number of methoxy groups -OCH3 is 1. The molecule has 21 heavy (non-hydrogen) atoms. The van der Waals surface area contributed by atoms with E-state index in [0.717, 1.165) is 22.3 Å². The van der Waals surface area contributed by atoms with Crippen molar-refractivity contribution in [2.75, 3.05) is 14.2 Å². The van der Waals surface area contributed by atoms with Crippen molar-refractivity contribution >= 4 is 15.9 Å². The Morgan fingerprint density at radius 2 is 2.10 bits per heavy atom. The van der Waals surface area contributed by atoms with Crippen molar-refractivity contribution in [2.45, 2.75) is 32.4 Å². The van der Waals surface area contributed by atoms with E-state index in [2.05, 4.69) is 58.4 Å². The van der Waals surface area contributed by atoms with E-state index in [0.29, 0.717) is 6.04 Å². The molecule has 0 aliphatic heterocycles. The maximum atomic E-state index is 5.28. The zero-order chi connectivity index (χ0) is 15.4. The predicted molar refractivity (Wildman–Crippen MR) is 88.8 cm³/mol. The zero-order valence-corrected chi connectivity index (χ0v) is 14.5. The number of hydrogen-bond donors (Lipinski definition) is 1. The Kier molecular flexibility index (Phi) is 5.42. The summed E-state index contributed by atoms with van der Waals surface area (Å²) in [5, 5.41) is 7.98. The van der Waals surface area contributed by atoms with Gasteiger partial charge in [0.15, 0.2) is 0 Å². The van der Waals surface area contributed by atoms with Crippen LogP contribution >= 0.6 is 15.9 Å². The minimum atomic E-state index is 0.225. The minimum Gasteiger partial charge on any atom is -0.496 e. The molecule has 5 heteroatoms. The van der Waals surface area contributed by atoms with Crippen LogP contribution in [0.2, 0.25) is 0 Å². The number of ether oxygens (including phenoxy) is 1. The molecule has 1 heterocycles. The van der Waals surface area contributed by atoms with E-state index in [4.69, 9.17) is 4.74 Å². The van der Waals surface area contributed by atoms with E-state index in [1.54, 1.807) is 7.11 Å². The number of nitrogens with zero attached hydrogens (tertiary/aromatic N) is 2. The Bertz CT molecular complexity index is 595. The summed E-state index contributed by atoms with van der Waals surface area (Å²) in [6, 6.07) is 8.87. The van der Waals surface area contributed by atoms with E-state index in [9.17, 15) is 0 Å². The van der Waals surface area contributed by atoms with Crippen LogP contribution in [0.4, 0.5) is 0 Å². The van der Waals surface area contributed by atoms with Crippen molar-refractivity contribution < 1.29 is 4.74 Å². The average Bonchev–Trinajstić information content (AvgIpc) is 2.93. The Morgan fingerprint density at radius 3 is 2.62 bits per heavy atom. The molecule has 114 valence electrons. The van der Waals surface area contributed by atoms with E-state index in [1.165, 1.54) is 5.56 Å². The van der Waals surface area contributed by atoms with E-state index < -0.39 is 0 Å². The summed E-state index contributed by atoms with van der Waals surface area (Å²) >= 11 is 3.54. The van der Waals surface area contributed by atoms with Crippen LogP contribution in [0.25, 0.3) is 0 Å². The molecule has 0 saturated heterocycles. The topological polar surface area (TPSA) is 39.1 Å². The minimum absolute atomic E-state index is 0.225. The van der Waals surface area contributed by atoms with E-state index in [-0.39, 0.29) is 6.04 Å². The van der Waals surface area contributed by atoms with E-state index >= 15 is 0 Å². The molecule has 1 atom stereocenters. The lowest BCUT2D eigenvalue weighted by molar-refractivity contribution is 0.411. The number of nitrogens with one attached hydrogen (secondary N) is 1. The fraction of sp³-hybridized carbons (Fsp3) is 0.438. The van der Waals surface area contributed by atoms with Gasteiger partial charge in [0.25, 0.3) is 0 Å². The molecule has 2 aromatic rings. The third kappa shape index (κ3) is 3.86. The van der Waals surface area contributed by atoms with E-state index in [1.807, 2.05) is 24.0 Å². The van der Waals surface area contributed by atoms with Crippen molar-refractivity contribution in [1.29, 1.82) is 0 Å². The van der Waals surface area contributed by atoms with Crippen LogP contribution < -0.4 is 10.1 Å². The normalized spacial score (nSPS) is 12.7. The second kappa shape index (κ2) is 7.09. The largest absolute Gasteiger partial charge is 0.496 e. The molecular formula is C16H22BrN3O. The number of hydrogen-bond acceptors (Lipinski definition) is 3. The predicted octanol–water partition coefficient (Wildman–Crippen LogP) is 3.74. The molecule has 0 radical (unpaired) electrons. The van der Waals surface area contributed by atoms with Crippen LogP contribution in [-0.4, -0.2) is 23.9 Å². The number of halogens is 1. The molecule has 0 fully saturated rings. The Hall–Kier alpha value is -1.33. The lowest BCUT2D eigenvalue weighted by Crippen LogP contribution is -2.19. The van der Waals surface area contributed by atoms with Gasteiger partial charge >= 0.3 is 0 Å².